The second-order valence-electron chi connectivity index (χ2n) is 9.95. The molecule has 3 aliphatic rings. The normalized spacial score (nSPS) is 38.3. The van der Waals surface area contributed by atoms with Crippen LogP contribution in [0.2, 0.25) is 0 Å². The monoisotopic (exact) mass is 690 g/mol. The van der Waals surface area contributed by atoms with Crippen LogP contribution in [0.15, 0.2) is 25.3 Å². The molecule has 20 nitrogen and oxygen atoms in total. The molecule has 0 saturated carbocycles. The van der Waals surface area contributed by atoms with Gasteiger partial charge in [-0.15, -0.1) is 0 Å². The number of rotatable bonds is 2. The van der Waals surface area contributed by atoms with E-state index in [1.165, 1.54) is 34.4 Å². The lowest BCUT2D eigenvalue weighted by atomic mass is 10.1. The van der Waals surface area contributed by atoms with Gasteiger partial charge in [0.05, 0.1) is 25.9 Å². The van der Waals surface area contributed by atoms with Crippen LogP contribution in [-0.2, 0) is 36.7 Å². The lowest BCUT2D eigenvalue weighted by Gasteiger charge is -2.26. The first-order valence-corrected chi connectivity index (χ1v) is 18.2. The van der Waals surface area contributed by atoms with E-state index in [-0.39, 0.29) is 34.0 Å². The summed E-state index contributed by atoms with van der Waals surface area (Å²) in [4.78, 5) is 24.5. The van der Waals surface area contributed by atoms with Crippen LogP contribution < -0.4 is 11.5 Å². The quantitative estimate of drug-likeness (QED) is 0.121. The van der Waals surface area contributed by atoms with Crippen molar-refractivity contribution in [3.05, 3.63) is 25.3 Å². The molecular formula is C20H24N10O10P2S2. The number of aliphatic hydroxyl groups excluding tert-OH is 2. The summed E-state index contributed by atoms with van der Waals surface area (Å²) in [5.74, 6) is 0.191. The van der Waals surface area contributed by atoms with Gasteiger partial charge in [0.15, 0.2) is 35.4 Å². The second-order valence-corrected chi connectivity index (χ2v) is 15.7. The standard InChI is InChI=1S/C20H24N10O10P2S2/c21-15-9-17(25-3-23-15)29(5-27-9)19-12(32)13-8(38-19)2-36-42(34,44)40-14-11(31)7(1-35-41(33,43)39-13)37-20(14)30-6-28-10-16(22)24-4-26-18(10)30/h3-8,11-14,19-20,31-32H,1-2H2,(H,33,43)(H,34,44)(H2,21,23,25)(H2,22,24,26)/t7-,8-,11-,12-,13-,14-,19-,20-,41?,42?/m1/s1. The van der Waals surface area contributed by atoms with E-state index < -0.39 is 75.9 Å². The number of hydrogen-bond acceptors (Lipinski definition) is 18. The topological polar surface area (TPSA) is 269 Å². The molecule has 3 aliphatic heterocycles. The van der Waals surface area contributed by atoms with E-state index in [1.807, 2.05) is 0 Å². The molecule has 4 aromatic rings. The van der Waals surface area contributed by atoms with E-state index in [0.29, 0.717) is 0 Å². The summed E-state index contributed by atoms with van der Waals surface area (Å²) in [6, 6.07) is 0. The maximum atomic E-state index is 13.5. The van der Waals surface area contributed by atoms with Crippen LogP contribution in [0.25, 0.3) is 22.3 Å². The SMILES string of the molecule is Nc1ncnc2c1ncn2[C@@H]1O[C@@H]2COP(=O)(S)O[C@@H]3[C@H](O)[C@@H](COP(=O)(S)O[C@H]2[C@H]1O)O[C@H]3n1cnc2c(N)ncnc21. The number of aliphatic hydroxyl groups is 2. The largest absolute Gasteiger partial charge is 0.387 e. The van der Waals surface area contributed by atoms with Gasteiger partial charge in [-0.05, 0) is 0 Å². The van der Waals surface area contributed by atoms with Crippen molar-refractivity contribution in [2.45, 2.75) is 49.1 Å². The highest BCUT2D eigenvalue weighted by molar-refractivity contribution is 8.44. The Morgan fingerprint density at radius 3 is 1.82 bits per heavy atom. The molecule has 0 spiro atoms. The Kier molecular flexibility index (Phi) is 7.63. The molecule has 3 saturated heterocycles. The summed E-state index contributed by atoms with van der Waals surface area (Å²) in [5, 5.41) is 22.4. The van der Waals surface area contributed by atoms with Gasteiger partial charge in [-0.3, -0.25) is 27.2 Å². The maximum Gasteiger partial charge on any atom is 0.386 e. The predicted molar refractivity (Wildman–Crippen MR) is 154 cm³/mol. The van der Waals surface area contributed by atoms with Gasteiger partial charge in [0.2, 0.25) is 0 Å². The van der Waals surface area contributed by atoms with E-state index in [9.17, 15) is 19.3 Å². The van der Waals surface area contributed by atoms with Crippen molar-refractivity contribution in [3.8, 4) is 0 Å². The molecule has 2 bridgehead atoms. The van der Waals surface area contributed by atoms with Gasteiger partial charge >= 0.3 is 13.6 Å². The summed E-state index contributed by atoms with van der Waals surface area (Å²) in [7, 11) is 0. The smallest absolute Gasteiger partial charge is 0.386 e. The fraction of sp³-hybridized carbons (Fsp3) is 0.500. The zero-order valence-corrected chi connectivity index (χ0v) is 25.6. The van der Waals surface area contributed by atoms with Crippen molar-refractivity contribution in [2.75, 3.05) is 24.7 Å². The van der Waals surface area contributed by atoms with Gasteiger partial charge in [0, 0.05) is 0 Å². The van der Waals surface area contributed by atoms with Crippen molar-refractivity contribution in [1.29, 1.82) is 0 Å². The minimum Gasteiger partial charge on any atom is -0.387 e. The lowest BCUT2D eigenvalue weighted by Crippen LogP contribution is -2.35. The van der Waals surface area contributed by atoms with Gasteiger partial charge < -0.3 is 31.2 Å². The molecule has 2 unspecified atom stereocenters. The Morgan fingerprint density at radius 1 is 0.727 bits per heavy atom. The van der Waals surface area contributed by atoms with Crippen LogP contribution in [0, 0.1) is 0 Å². The highest BCUT2D eigenvalue weighted by Gasteiger charge is 2.53. The first-order chi connectivity index (χ1) is 20.9. The zero-order valence-electron chi connectivity index (χ0n) is 22.0. The predicted octanol–water partition coefficient (Wildman–Crippen LogP) is 0.240. The van der Waals surface area contributed by atoms with Crippen molar-refractivity contribution in [1.82, 2.24) is 39.0 Å². The molecule has 44 heavy (non-hydrogen) atoms. The Bertz CT molecular complexity index is 1830. The highest BCUT2D eigenvalue weighted by atomic mass is 32.7. The van der Waals surface area contributed by atoms with Gasteiger partial charge in [-0.25, -0.2) is 39.0 Å². The van der Waals surface area contributed by atoms with Crippen LogP contribution in [0.3, 0.4) is 0 Å². The number of imidazole rings is 2. The molecule has 4 aromatic heterocycles. The van der Waals surface area contributed by atoms with Gasteiger partial charge in [0.25, 0.3) is 0 Å². The Balaban J connectivity index is 1.20. The molecule has 10 atom stereocenters. The number of nitrogens with zero attached hydrogens (tertiary/aromatic N) is 8. The van der Waals surface area contributed by atoms with Crippen LogP contribution in [0.1, 0.15) is 12.5 Å². The minimum atomic E-state index is -4.31. The number of hydrogen-bond donors (Lipinski definition) is 6. The third-order valence-corrected chi connectivity index (χ3v) is 10.5. The van der Waals surface area contributed by atoms with Gasteiger partial charge in [-0.1, -0.05) is 24.5 Å². The van der Waals surface area contributed by atoms with Crippen molar-refractivity contribution < 1.29 is 46.9 Å². The van der Waals surface area contributed by atoms with Crippen LogP contribution in [-0.4, -0.2) is 99.1 Å². The summed E-state index contributed by atoms with van der Waals surface area (Å²) in [5.41, 5.74) is 12.7. The summed E-state index contributed by atoms with van der Waals surface area (Å²) >= 11 is 8.17. The average molecular weight is 691 g/mol. The third-order valence-electron chi connectivity index (χ3n) is 7.26. The Hall–Kier alpha value is -2.46. The molecule has 236 valence electrons. The molecule has 3 fully saturated rings. The fourth-order valence-electron chi connectivity index (χ4n) is 5.22. The van der Waals surface area contributed by atoms with Crippen LogP contribution in [0.4, 0.5) is 11.6 Å². The molecule has 0 amide bonds. The second kappa shape index (κ2) is 11.1. The Morgan fingerprint density at radius 2 is 1.23 bits per heavy atom. The molecule has 0 aromatic carbocycles. The summed E-state index contributed by atoms with van der Waals surface area (Å²) < 4.78 is 64.0. The summed E-state index contributed by atoms with van der Waals surface area (Å²) in [6.45, 7) is -9.67. The Labute approximate surface area is 256 Å². The van der Waals surface area contributed by atoms with Gasteiger partial charge in [0.1, 0.15) is 60.3 Å². The number of anilines is 2. The zero-order chi connectivity index (χ0) is 31.0. The highest BCUT2D eigenvalue weighted by Crippen LogP contribution is 2.60. The van der Waals surface area contributed by atoms with Crippen LogP contribution >= 0.6 is 38.1 Å². The van der Waals surface area contributed by atoms with Gasteiger partial charge in [-0.2, -0.15) is 0 Å². The number of ether oxygens (including phenoxy) is 2. The number of nitrogen functional groups attached to an aromatic ring is 2. The van der Waals surface area contributed by atoms with E-state index >= 15 is 0 Å². The average Bonchev–Trinajstić information content (AvgIpc) is 3.73. The van der Waals surface area contributed by atoms with Crippen LogP contribution in [0.5, 0.6) is 0 Å². The fourth-order valence-corrected chi connectivity index (χ4v) is 8.17. The number of aromatic nitrogens is 8. The van der Waals surface area contributed by atoms with Crippen molar-refractivity contribution >= 4 is 72.1 Å². The maximum absolute atomic E-state index is 13.5. The van der Waals surface area contributed by atoms with E-state index in [0.717, 1.165) is 0 Å². The molecule has 0 radical (unpaired) electrons. The lowest BCUT2D eigenvalue weighted by molar-refractivity contribution is -0.0575. The molecule has 0 aliphatic carbocycles. The molecule has 7 rings (SSSR count). The van der Waals surface area contributed by atoms with Crippen molar-refractivity contribution in [2.24, 2.45) is 0 Å². The molecule has 6 N–H and O–H groups in total. The third kappa shape index (κ3) is 5.27. The first-order valence-electron chi connectivity index (χ1n) is 12.8. The summed E-state index contributed by atoms with van der Waals surface area (Å²) in [6.07, 6.45) is -5.58. The van der Waals surface area contributed by atoms with E-state index in [4.69, 9.17) is 39.0 Å². The van der Waals surface area contributed by atoms with Crippen molar-refractivity contribution in [3.63, 3.8) is 0 Å². The van der Waals surface area contributed by atoms with E-state index in [1.54, 1.807) is 0 Å². The first kappa shape index (κ1) is 30.2. The molecule has 7 heterocycles. The van der Waals surface area contributed by atoms with E-state index in [2.05, 4.69) is 54.4 Å². The minimum absolute atomic E-state index is 0.0920. The number of nitrogens with two attached hydrogens (primary N) is 2. The molecular weight excluding hydrogens is 666 g/mol. The number of fused-ring (bicyclic) bond motifs is 5. The molecule has 24 heteroatoms. The number of thiol groups is 2.